The average Bonchev–Trinajstić information content (AvgIpc) is 3.09. The number of pyridine rings is 1. The maximum atomic E-state index is 13.3. The minimum absolute atomic E-state index is 0.0139. The van der Waals surface area contributed by atoms with Crippen LogP contribution in [0.15, 0.2) is 72.6 Å². The van der Waals surface area contributed by atoms with Crippen molar-refractivity contribution >= 4 is 23.1 Å². The summed E-state index contributed by atoms with van der Waals surface area (Å²) in [6, 6.07) is 15.6. The molecule has 1 unspecified atom stereocenters. The number of nitrogens with zero attached hydrogens (tertiary/aromatic N) is 2. The van der Waals surface area contributed by atoms with Crippen LogP contribution in [0.2, 0.25) is 0 Å². The number of aliphatic hydroxyl groups is 1. The number of Topliss-reactive ketones (excluding diaryl/α,β-unsaturated/α-hetero) is 1. The molecule has 6 nitrogen and oxygen atoms in total. The van der Waals surface area contributed by atoms with Crippen molar-refractivity contribution in [3.63, 3.8) is 0 Å². The van der Waals surface area contributed by atoms with Crippen LogP contribution in [0, 0.1) is 6.92 Å². The second-order valence-electron chi connectivity index (χ2n) is 9.45. The Hall–Kier alpha value is -3.93. The number of ketones is 1. The fraction of sp³-hybridized carbons (Fsp3) is 0.250. The summed E-state index contributed by atoms with van der Waals surface area (Å²) in [5.41, 5.74) is 3.56. The first-order chi connectivity index (χ1) is 16.1. The molecule has 1 aliphatic rings. The first-order valence-corrected chi connectivity index (χ1v) is 11.1. The lowest BCUT2D eigenvalue weighted by atomic mass is 9.87. The third-order valence-corrected chi connectivity index (χ3v) is 6.09. The zero-order chi connectivity index (χ0) is 24.6. The number of aromatic nitrogens is 1. The summed E-state index contributed by atoms with van der Waals surface area (Å²) >= 11 is 0. The summed E-state index contributed by atoms with van der Waals surface area (Å²) in [5.74, 6) is -1.30. The molecule has 2 heterocycles. The van der Waals surface area contributed by atoms with Gasteiger partial charge in [0.1, 0.15) is 11.5 Å². The zero-order valence-electron chi connectivity index (χ0n) is 20.0. The van der Waals surface area contributed by atoms with Gasteiger partial charge in [-0.1, -0.05) is 44.5 Å². The molecule has 0 saturated carbocycles. The van der Waals surface area contributed by atoms with Gasteiger partial charge in [-0.15, -0.1) is 0 Å². The maximum Gasteiger partial charge on any atom is 0.300 e. The van der Waals surface area contributed by atoms with Crippen LogP contribution in [0.25, 0.3) is 5.76 Å². The summed E-state index contributed by atoms with van der Waals surface area (Å²) in [5, 5.41) is 11.4. The highest BCUT2D eigenvalue weighted by Gasteiger charge is 2.47. The molecular weight excluding hydrogens is 428 g/mol. The number of aliphatic hydroxyl groups excluding tert-OH is 1. The van der Waals surface area contributed by atoms with E-state index >= 15 is 0 Å². The number of carbonyl (C=O) groups excluding carboxylic acids is 2. The second kappa shape index (κ2) is 8.78. The van der Waals surface area contributed by atoms with Crippen LogP contribution in [0.1, 0.15) is 49.1 Å². The van der Waals surface area contributed by atoms with Crippen LogP contribution in [-0.2, 0) is 15.0 Å². The smallest absolute Gasteiger partial charge is 0.300 e. The van der Waals surface area contributed by atoms with Crippen molar-refractivity contribution < 1.29 is 19.4 Å². The third-order valence-electron chi connectivity index (χ3n) is 6.09. The largest absolute Gasteiger partial charge is 0.507 e. The monoisotopic (exact) mass is 456 g/mol. The van der Waals surface area contributed by atoms with Crippen LogP contribution < -0.4 is 9.64 Å². The second-order valence-corrected chi connectivity index (χ2v) is 9.45. The van der Waals surface area contributed by atoms with E-state index in [1.807, 2.05) is 37.3 Å². The molecule has 1 atom stereocenters. The van der Waals surface area contributed by atoms with Gasteiger partial charge >= 0.3 is 0 Å². The summed E-state index contributed by atoms with van der Waals surface area (Å²) in [7, 11) is 1.50. The van der Waals surface area contributed by atoms with E-state index in [1.54, 1.807) is 36.7 Å². The van der Waals surface area contributed by atoms with Crippen LogP contribution in [0.3, 0.4) is 0 Å². The Labute approximate surface area is 199 Å². The summed E-state index contributed by atoms with van der Waals surface area (Å²) in [4.78, 5) is 32.2. The lowest BCUT2D eigenvalue weighted by Gasteiger charge is -2.26. The SMILES string of the molecule is COc1ccc(C)cc1/C(O)=C1\C(=O)C(=O)N(c2ccc(C(C)(C)C)cc2)C1c1ccncc1. The Morgan fingerprint density at radius 2 is 1.65 bits per heavy atom. The van der Waals surface area contributed by atoms with Gasteiger partial charge in [0.2, 0.25) is 0 Å². The van der Waals surface area contributed by atoms with Gasteiger partial charge < -0.3 is 9.84 Å². The quantitative estimate of drug-likeness (QED) is 0.326. The normalized spacial score (nSPS) is 17.8. The van der Waals surface area contributed by atoms with Gasteiger partial charge in [0.15, 0.2) is 0 Å². The van der Waals surface area contributed by atoms with Crippen LogP contribution in [0.4, 0.5) is 5.69 Å². The van der Waals surface area contributed by atoms with Crippen molar-refractivity contribution in [2.45, 2.75) is 39.2 Å². The predicted molar refractivity (Wildman–Crippen MR) is 132 cm³/mol. The molecule has 1 fully saturated rings. The van der Waals surface area contributed by atoms with E-state index in [-0.39, 0.29) is 16.7 Å². The van der Waals surface area contributed by atoms with Crippen molar-refractivity contribution in [1.82, 2.24) is 4.98 Å². The van der Waals surface area contributed by atoms with Crippen molar-refractivity contribution in [3.05, 3.63) is 94.8 Å². The van der Waals surface area contributed by atoms with Crippen LogP contribution >= 0.6 is 0 Å². The molecule has 1 N–H and O–H groups in total. The van der Waals surface area contributed by atoms with Crippen molar-refractivity contribution in [1.29, 1.82) is 0 Å². The molecule has 0 spiro atoms. The number of aryl methyl sites for hydroxylation is 1. The Kier molecular flexibility index (Phi) is 6.00. The fourth-order valence-corrected chi connectivity index (χ4v) is 4.23. The molecule has 0 aliphatic carbocycles. The number of anilines is 1. The van der Waals surface area contributed by atoms with Gasteiger partial charge in [0.25, 0.3) is 11.7 Å². The first kappa shape index (κ1) is 23.2. The standard InChI is InChI=1S/C28H28N2O4/c1-17-6-11-22(34-5)21(16-17)25(31)23-24(18-12-14-29-15-13-18)30(27(33)26(23)32)20-9-7-19(8-10-20)28(2,3)4/h6-16,24,31H,1-5H3/b25-23+. The van der Waals surface area contributed by atoms with Crippen LogP contribution in [0.5, 0.6) is 5.75 Å². The van der Waals surface area contributed by atoms with E-state index in [2.05, 4.69) is 25.8 Å². The minimum Gasteiger partial charge on any atom is -0.507 e. The number of hydrogen-bond donors (Lipinski definition) is 1. The molecular formula is C28H28N2O4. The Morgan fingerprint density at radius 1 is 1.00 bits per heavy atom. The molecule has 0 bridgehead atoms. The van der Waals surface area contributed by atoms with E-state index in [4.69, 9.17) is 4.74 Å². The van der Waals surface area contributed by atoms with E-state index in [1.165, 1.54) is 12.0 Å². The number of benzene rings is 2. The van der Waals surface area contributed by atoms with Gasteiger partial charge in [-0.05, 0) is 59.9 Å². The number of ether oxygens (including phenoxy) is 1. The highest BCUT2D eigenvalue weighted by molar-refractivity contribution is 6.51. The van der Waals surface area contributed by atoms with Crippen LogP contribution in [-0.4, -0.2) is 28.9 Å². The third kappa shape index (κ3) is 4.07. The molecule has 6 heteroatoms. The van der Waals surface area contributed by atoms with Crippen molar-refractivity contribution in [2.75, 3.05) is 12.0 Å². The Bertz CT molecular complexity index is 1270. The molecule has 1 amide bonds. The highest BCUT2D eigenvalue weighted by Crippen LogP contribution is 2.43. The first-order valence-electron chi connectivity index (χ1n) is 11.1. The maximum absolute atomic E-state index is 13.3. The van der Waals surface area contributed by atoms with Crippen molar-refractivity contribution in [2.24, 2.45) is 0 Å². The number of rotatable bonds is 4. The number of amides is 1. The van der Waals surface area contributed by atoms with Gasteiger partial charge in [-0.25, -0.2) is 0 Å². The lowest BCUT2D eigenvalue weighted by Crippen LogP contribution is -2.29. The molecule has 0 radical (unpaired) electrons. The van der Waals surface area contributed by atoms with Crippen molar-refractivity contribution in [3.8, 4) is 5.75 Å². The number of hydrogen-bond acceptors (Lipinski definition) is 5. The van der Waals surface area contributed by atoms with E-state index < -0.39 is 17.7 Å². The van der Waals surface area contributed by atoms with E-state index in [0.29, 0.717) is 22.6 Å². The lowest BCUT2D eigenvalue weighted by molar-refractivity contribution is -0.132. The average molecular weight is 457 g/mol. The molecule has 1 saturated heterocycles. The zero-order valence-corrected chi connectivity index (χ0v) is 20.0. The molecule has 4 rings (SSSR count). The summed E-state index contributed by atoms with van der Waals surface area (Å²) in [6.07, 6.45) is 3.21. The Balaban J connectivity index is 1.93. The fourth-order valence-electron chi connectivity index (χ4n) is 4.23. The minimum atomic E-state index is -0.811. The molecule has 34 heavy (non-hydrogen) atoms. The van der Waals surface area contributed by atoms with Gasteiger partial charge in [0, 0.05) is 18.1 Å². The highest BCUT2D eigenvalue weighted by atomic mass is 16.5. The molecule has 174 valence electrons. The van der Waals surface area contributed by atoms with Gasteiger partial charge in [0.05, 0.1) is 24.3 Å². The topological polar surface area (TPSA) is 79.7 Å². The van der Waals surface area contributed by atoms with E-state index in [0.717, 1.165) is 11.1 Å². The van der Waals surface area contributed by atoms with Gasteiger partial charge in [-0.2, -0.15) is 0 Å². The molecule has 1 aliphatic heterocycles. The predicted octanol–water partition coefficient (Wildman–Crippen LogP) is 5.32. The van der Waals surface area contributed by atoms with Gasteiger partial charge in [-0.3, -0.25) is 19.5 Å². The number of methoxy groups -OCH3 is 1. The molecule has 1 aromatic heterocycles. The molecule has 2 aromatic carbocycles. The molecule has 3 aromatic rings. The van der Waals surface area contributed by atoms with E-state index in [9.17, 15) is 14.7 Å². The summed E-state index contributed by atoms with van der Waals surface area (Å²) < 4.78 is 5.43. The number of carbonyl (C=O) groups is 2. The Morgan fingerprint density at radius 3 is 2.24 bits per heavy atom. The summed E-state index contributed by atoms with van der Waals surface area (Å²) in [6.45, 7) is 8.22.